The minimum absolute atomic E-state index is 0.150. The molecule has 8 nitrogen and oxygen atoms in total. The smallest absolute Gasteiger partial charge is 0.407 e. The third-order valence-corrected chi connectivity index (χ3v) is 3.27. The molecule has 0 aromatic rings. The second-order valence-electron chi connectivity index (χ2n) is 7.56. The van der Waals surface area contributed by atoms with Gasteiger partial charge in [-0.05, 0) is 52.4 Å². The van der Waals surface area contributed by atoms with Crippen molar-refractivity contribution in [2.75, 3.05) is 6.54 Å². The minimum Gasteiger partial charge on any atom is -0.480 e. The van der Waals surface area contributed by atoms with Crippen LogP contribution in [0.5, 0.6) is 0 Å². The summed E-state index contributed by atoms with van der Waals surface area (Å²) in [6.45, 7) is 9.56. The number of carboxylic acid groups (broad SMARTS) is 1. The third kappa shape index (κ3) is 12.2. The van der Waals surface area contributed by atoms with Crippen molar-refractivity contribution in [1.82, 2.24) is 10.6 Å². The molecule has 0 heterocycles. The van der Waals surface area contributed by atoms with Crippen LogP contribution in [-0.2, 0) is 14.3 Å². The van der Waals surface area contributed by atoms with E-state index in [1.165, 1.54) is 0 Å². The summed E-state index contributed by atoms with van der Waals surface area (Å²) in [7, 11) is 0. The van der Waals surface area contributed by atoms with Crippen LogP contribution in [0.15, 0.2) is 0 Å². The Morgan fingerprint density at radius 3 is 2.24 bits per heavy atom. The van der Waals surface area contributed by atoms with Crippen molar-refractivity contribution in [2.45, 2.75) is 78.0 Å². The van der Waals surface area contributed by atoms with Gasteiger partial charge in [0.05, 0.1) is 6.04 Å². The van der Waals surface area contributed by atoms with E-state index in [9.17, 15) is 14.4 Å². The first-order valence-electron chi connectivity index (χ1n) is 8.68. The molecule has 0 aliphatic carbocycles. The van der Waals surface area contributed by atoms with Gasteiger partial charge in [0.1, 0.15) is 11.6 Å². The summed E-state index contributed by atoms with van der Waals surface area (Å²) < 4.78 is 5.11. The maximum Gasteiger partial charge on any atom is 0.407 e. The molecule has 0 saturated carbocycles. The molecule has 0 unspecified atom stereocenters. The van der Waals surface area contributed by atoms with Crippen LogP contribution in [0.4, 0.5) is 4.79 Å². The summed E-state index contributed by atoms with van der Waals surface area (Å²) in [5.74, 6) is -1.37. The molecule has 146 valence electrons. The zero-order chi connectivity index (χ0) is 19.6. The Labute approximate surface area is 149 Å². The van der Waals surface area contributed by atoms with Crippen molar-refractivity contribution in [3.63, 3.8) is 0 Å². The summed E-state index contributed by atoms with van der Waals surface area (Å²) in [6, 6.07) is -1.69. The zero-order valence-electron chi connectivity index (χ0n) is 15.9. The highest BCUT2D eigenvalue weighted by Crippen LogP contribution is 2.07. The molecule has 0 fully saturated rings. The van der Waals surface area contributed by atoms with Gasteiger partial charge in [0, 0.05) is 6.54 Å². The maximum atomic E-state index is 12.0. The zero-order valence-corrected chi connectivity index (χ0v) is 15.9. The van der Waals surface area contributed by atoms with Gasteiger partial charge in [-0.15, -0.1) is 0 Å². The standard InChI is InChI=1S/C17H33N3O5/c1-11(2)10-13(15(22)23)20-14(21)12(18)8-6-7-9-19-16(24)25-17(3,4)5/h11-13H,6-10,18H2,1-5H3,(H,19,24)(H,20,21)(H,22,23)/t12-,13-/m0/s1. The van der Waals surface area contributed by atoms with E-state index in [0.717, 1.165) is 0 Å². The van der Waals surface area contributed by atoms with Gasteiger partial charge in [-0.1, -0.05) is 13.8 Å². The normalized spacial score (nSPS) is 13.9. The Balaban J connectivity index is 4.05. The first kappa shape index (κ1) is 23.2. The summed E-state index contributed by atoms with van der Waals surface area (Å²) in [5.41, 5.74) is 5.26. The molecule has 2 amide bonds. The van der Waals surface area contributed by atoms with Crippen molar-refractivity contribution < 1.29 is 24.2 Å². The number of nitrogens with two attached hydrogens (primary N) is 1. The average molecular weight is 359 g/mol. The SMILES string of the molecule is CC(C)C[C@H](NC(=O)[C@@H](N)CCCCNC(=O)OC(C)(C)C)C(=O)O. The molecule has 0 aliphatic rings. The molecular formula is C17H33N3O5. The number of alkyl carbamates (subject to hydrolysis) is 1. The number of carboxylic acids is 1. The first-order chi connectivity index (χ1) is 11.4. The van der Waals surface area contributed by atoms with Crippen LogP contribution in [0, 0.1) is 5.92 Å². The Kier molecular flexibility index (Phi) is 10.1. The lowest BCUT2D eigenvalue weighted by molar-refractivity contribution is -0.142. The number of nitrogens with one attached hydrogen (secondary N) is 2. The number of unbranched alkanes of at least 4 members (excludes halogenated alkanes) is 1. The van der Waals surface area contributed by atoms with Crippen LogP contribution in [0.1, 0.15) is 60.3 Å². The van der Waals surface area contributed by atoms with Gasteiger partial charge in [-0.25, -0.2) is 9.59 Å². The van der Waals surface area contributed by atoms with Gasteiger partial charge in [0.2, 0.25) is 5.91 Å². The molecule has 0 aliphatic heterocycles. The van der Waals surface area contributed by atoms with Crippen molar-refractivity contribution in [2.24, 2.45) is 11.7 Å². The lowest BCUT2D eigenvalue weighted by Crippen LogP contribution is -2.48. The molecule has 0 radical (unpaired) electrons. The van der Waals surface area contributed by atoms with E-state index in [0.29, 0.717) is 32.2 Å². The highest BCUT2D eigenvalue weighted by atomic mass is 16.6. The van der Waals surface area contributed by atoms with Crippen LogP contribution in [-0.4, -0.2) is 47.3 Å². The van der Waals surface area contributed by atoms with Gasteiger partial charge >= 0.3 is 12.1 Å². The second-order valence-corrected chi connectivity index (χ2v) is 7.56. The maximum absolute atomic E-state index is 12.0. The number of rotatable bonds is 10. The van der Waals surface area contributed by atoms with E-state index in [1.807, 2.05) is 13.8 Å². The Bertz CT molecular complexity index is 446. The number of hydrogen-bond donors (Lipinski definition) is 4. The fraction of sp³-hybridized carbons (Fsp3) is 0.824. The fourth-order valence-corrected chi connectivity index (χ4v) is 2.10. The third-order valence-electron chi connectivity index (χ3n) is 3.27. The molecule has 0 aromatic heterocycles. The number of hydrogen-bond acceptors (Lipinski definition) is 5. The second kappa shape index (κ2) is 10.9. The molecule has 2 atom stereocenters. The topological polar surface area (TPSA) is 131 Å². The number of aliphatic carboxylic acids is 1. The molecule has 0 aromatic carbocycles. The van der Waals surface area contributed by atoms with Crippen molar-refractivity contribution in [3.05, 3.63) is 0 Å². The Morgan fingerprint density at radius 1 is 1.16 bits per heavy atom. The molecule has 0 rings (SSSR count). The molecule has 0 spiro atoms. The fourth-order valence-electron chi connectivity index (χ4n) is 2.10. The highest BCUT2D eigenvalue weighted by molar-refractivity contribution is 5.86. The number of carbonyl (C=O) groups is 3. The molecule has 0 saturated heterocycles. The number of carbonyl (C=O) groups excluding carboxylic acids is 2. The van der Waals surface area contributed by atoms with Crippen molar-refractivity contribution in [1.29, 1.82) is 0 Å². The van der Waals surface area contributed by atoms with Crippen molar-refractivity contribution in [3.8, 4) is 0 Å². The van der Waals surface area contributed by atoms with Crippen LogP contribution >= 0.6 is 0 Å². The van der Waals surface area contributed by atoms with E-state index >= 15 is 0 Å². The van der Waals surface area contributed by atoms with E-state index < -0.39 is 35.7 Å². The largest absolute Gasteiger partial charge is 0.480 e. The predicted molar refractivity (Wildman–Crippen MR) is 95.1 cm³/mol. The van der Waals surface area contributed by atoms with Crippen LogP contribution in [0.2, 0.25) is 0 Å². The summed E-state index contributed by atoms with van der Waals surface area (Å²) in [6.07, 6.45) is 1.57. The Morgan fingerprint density at radius 2 is 1.76 bits per heavy atom. The van der Waals surface area contributed by atoms with E-state index in [4.69, 9.17) is 15.6 Å². The van der Waals surface area contributed by atoms with Crippen LogP contribution < -0.4 is 16.4 Å². The van der Waals surface area contributed by atoms with Crippen LogP contribution in [0.25, 0.3) is 0 Å². The molecular weight excluding hydrogens is 326 g/mol. The Hall–Kier alpha value is -1.83. The van der Waals surface area contributed by atoms with Gasteiger partial charge in [0.15, 0.2) is 0 Å². The molecule has 5 N–H and O–H groups in total. The van der Waals surface area contributed by atoms with Gasteiger partial charge < -0.3 is 26.2 Å². The minimum atomic E-state index is -1.06. The average Bonchev–Trinajstić information content (AvgIpc) is 2.43. The number of amides is 2. The predicted octanol–water partition coefficient (Wildman–Crippen LogP) is 1.62. The number of ether oxygens (including phenoxy) is 1. The summed E-state index contributed by atoms with van der Waals surface area (Å²) >= 11 is 0. The van der Waals surface area contributed by atoms with Gasteiger partial charge in [0.25, 0.3) is 0 Å². The van der Waals surface area contributed by atoms with E-state index in [-0.39, 0.29) is 5.92 Å². The lowest BCUT2D eigenvalue weighted by Gasteiger charge is -2.20. The monoisotopic (exact) mass is 359 g/mol. The highest BCUT2D eigenvalue weighted by Gasteiger charge is 2.23. The summed E-state index contributed by atoms with van der Waals surface area (Å²) in [5, 5.41) is 14.2. The van der Waals surface area contributed by atoms with E-state index in [2.05, 4.69) is 10.6 Å². The lowest BCUT2D eigenvalue weighted by atomic mass is 10.0. The van der Waals surface area contributed by atoms with Gasteiger partial charge in [-0.2, -0.15) is 0 Å². The molecule has 8 heteroatoms. The quantitative estimate of drug-likeness (QED) is 0.438. The van der Waals surface area contributed by atoms with Crippen molar-refractivity contribution >= 4 is 18.0 Å². The van der Waals surface area contributed by atoms with Gasteiger partial charge in [-0.3, -0.25) is 4.79 Å². The summed E-state index contributed by atoms with van der Waals surface area (Å²) in [4.78, 5) is 34.6. The molecule has 0 bridgehead atoms. The van der Waals surface area contributed by atoms with Crippen LogP contribution in [0.3, 0.4) is 0 Å². The first-order valence-corrected chi connectivity index (χ1v) is 8.68. The van der Waals surface area contributed by atoms with E-state index in [1.54, 1.807) is 20.8 Å². The molecule has 25 heavy (non-hydrogen) atoms.